The molecular weight excluding hydrogens is 313 g/mol. The van der Waals surface area contributed by atoms with E-state index in [0.717, 1.165) is 25.9 Å². The fraction of sp³-hybridized carbons (Fsp3) is 0.318. The van der Waals surface area contributed by atoms with Crippen LogP contribution in [0.2, 0.25) is 0 Å². The lowest BCUT2D eigenvalue weighted by Crippen LogP contribution is -2.41. The van der Waals surface area contributed by atoms with Crippen LogP contribution in [0.3, 0.4) is 0 Å². The first-order valence-electron chi connectivity index (χ1n) is 8.93. The number of ketones is 1. The molecule has 0 saturated carbocycles. The predicted octanol–water partition coefficient (Wildman–Crippen LogP) is 4.87. The molecular formula is C22H24FNO. The van der Waals surface area contributed by atoms with Crippen molar-refractivity contribution in [3.8, 4) is 0 Å². The van der Waals surface area contributed by atoms with Gasteiger partial charge in [0, 0.05) is 24.7 Å². The summed E-state index contributed by atoms with van der Waals surface area (Å²) in [6.07, 6.45) is 6.00. The summed E-state index contributed by atoms with van der Waals surface area (Å²) in [5.41, 5.74) is 1.84. The lowest BCUT2D eigenvalue weighted by atomic mass is 9.88. The minimum Gasteiger partial charge on any atom is -0.295 e. The Balaban J connectivity index is 1.83. The number of rotatable bonds is 5. The zero-order valence-electron chi connectivity index (χ0n) is 14.6. The molecule has 0 amide bonds. The number of halogens is 1. The zero-order chi connectivity index (χ0) is 17.6. The van der Waals surface area contributed by atoms with Gasteiger partial charge in [0.2, 0.25) is 0 Å². The Labute approximate surface area is 149 Å². The maximum absolute atomic E-state index is 13.2. The summed E-state index contributed by atoms with van der Waals surface area (Å²) in [6.45, 7) is 3.91. The molecule has 0 radical (unpaired) electrons. The van der Waals surface area contributed by atoms with Gasteiger partial charge < -0.3 is 0 Å². The highest BCUT2D eigenvalue weighted by Gasteiger charge is 2.31. The molecule has 0 N–H and O–H groups in total. The quantitative estimate of drug-likeness (QED) is 0.573. The van der Waals surface area contributed by atoms with E-state index in [-0.39, 0.29) is 23.6 Å². The maximum atomic E-state index is 13.2. The summed E-state index contributed by atoms with van der Waals surface area (Å²) >= 11 is 0. The van der Waals surface area contributed by atoms with Crippen LogP contribution in [0.25, 0.3) is 0 Å². The van der Waals surface area contributed by atoms with Gasteiger partial charge in [0.25, 0.3) is 0 Å². The van der Waals surface area contributed by atoms with Crippen molar-refractivity contribution in [1.82, 2.24) is 4.90 Å². The van der Waals surface area contributed by atoms with E-state index < -0.39 is 0 Å². The molecule has 2 aromatic rings. The van der Waals surface area contributed by atoms with E-state index in [1.54, 1.807) is 12.1 Å². The molecule has 0 spiro atoms. The molecule has 0 saturated heterocycles. The van der Waals surface area contributed by atoms with Crippen molar-refractivity contribution in [3.05, 3.63) is 83.7 Å². The van der Waals surface area contributed by atoms with Crippen molar-refractivity contribution < 1.29 is 9.18 Å². The average Bonchev–Trinajstić information content (AvgIpc) is 2.84. The van der Waals surface area contributed by atoms with Crippen LogP contribution in [0.5, 0.6) is 0 Å². The van der Waals surface area contributed by atoms with Gasteiger partial charge in [-0.2, -0.15) is 0 Å². The summed E-state index contributed by atoms with van der Waals surface area (Å²) in [4.78, 5) is 15.4. The zero-order valence-corrected chi connectivity index (χ0v) is 14.6. The lowest BCUT2D eigenvalue weighted by molar-refractivity contribution is 0.0827. The highest BCUT2D eigenvalue weighted by Crippen LogP contribution is 2.26. The molecule has 2 unspecified atom stereocenters. The summed E-state index contributed by atoms with van der Waals surface area (Å²) in [6, 6.07) is 16.4. The van der Waals surface area contributed by atoms with Crippen molar-refractivity contribution in [2.75, 3.05) is 6.54 Å². The van der Waals surface area contributed by atoms with E-state index in [2.05, 4.69) is 30.0 Å². The van der Waals surface area contributed by atoms with Crippen molar-refractivity contribution >= 4 is 5.78 Å². The van der Waals surface area contributed by atoms with Crippen LogP contribution in [0.1, 0.15) is 35.7 Å². The Morgan fingerprint density at radius 2 is 1.84 bits per heavy atom. The second-order valence-corrected chi connectivity index (χ2v) is 6.55. The Morgan fingerprint density at radius 3 is 2.52 bits per heavy atom. The van der Waals surface area contributed by atoms with Crippen LogP contribution >= 0.6 is 0 Å². The number of Topliss-reactive ketones (excluding diaryl/α,β-unsaturated/α-hetero) is 1. The van der Waals surface area contributed by atoms with Crippen molar-refractivity contribution in [2.45, 2.75) is 32.4 Å². The second kappa shape index (κ2) is 8.21. The van der Waals surface area contributed by atoms with Crippen LogP contribution in [-0.2, 0) is 6.54 Å². The third kappa shape index (κ3) is 4.23. The number of hydrogen-bond acceptors (Lipinski definition) is 2. The molecule has 130 valence electrons. The number of hydrogen-bond donors (Lipinski definition) is 0. The van der Waals surface area contributed by atoms with Gasteiger partial charge in [0.05, 0.1) is 5.92 Å². The Kier molecular flexibility index (Phi) is 5.77. The SMILES string of the molecule is CCC1C(C(=O)c2ccc(F)cc2)C=CCCN1Cc1ccccc1. The number of carbonyl (C=O) groups is 1. The van der Waals surface area contributed by atoms with Crippen LogP contribution in [0.4, 0.5) is 4.39 Å². The predicted molar refractivity (Wildman–Crippen MR) is 98.9 cm³/mol. The molecule has 2 nitrogen and oxygen atoms in total. The van der Waals surface area contributed by atoms with E-state index in [4.69, 9.17) is 0 Å². The first-order chi connectivity index (χ1) is 12.2. The fourth-order valence-electron chi connectivity index (χ4n) is 3.60. The molecule has 0 aliphatic carbocycles. The van der Waals surface area contributed by atoms with Gasteiger partial charge in [-0.1, -0.05) is 49.4 Å². The number of benzene rings is 2. The highest BCUT2D eigenvalue weighted by molar-refractivity contribution is 5.99. The molecule has 2 atom stereocenters. The Bertz CT molecular complexity index is 723. The summed E-state index contributed by atoms with van der Waals surface area (Å²) in [7, 11) is 0. The molecule has 0 aromatic heterocycles. The van der Waals surface area contributed by atoms with E-state index in [1.807, 2.05) is 24.3 Å². The van der Waals surface area contributed by atoms with Crippen molar-refractivity contribution in [2.24, 2.45) is 5.92 Å². The maximum Gasteiger partial charge on any atom is 0.171 e. The van der Waals surface area contributed by atoms with E-state index in [1.165, 1.54) is 17.7 Å². The largest absolute Gasteiger partial charge is 0.295 e. The van der Waals surface area contributed by atoms with Crippen LogP contribution in [0, 0.1) is 11.7 Å². The summed E-state index contributed by atoms with van der Waals surface area (Å²) in [5.74, 6) is -0.435. The highest BCUT2D eigenvalue weighted by atomic mass is 19.1. The number of nitrogens with zero attached hydrogens (tertiary/aromatic N) is 1. The van der Waals surface area contributed by atoms with E-state index in [9.17, 15) is 9.18 Å². The van der Waals surface area contributed by atoms with E-state index in [0.29, 0.717) is 5.56 Å². The van der Waals surface area contributed by atoms with Gasteiger partial charge in [-0.3, -0.25) is 9.69 Å². The second-order valence-electron chi connectivity index (χ2n) is 6.55. The smallest absolute Gasteiger partial charge is 0.171 e. The van der Waals surface area contributed by atoms with Gasteiger partial charge in [0.15, 0.2) is 5.78 Å². The standard InChI is InChI=1S/C22H24FNO/c1-2-21-20(22(25)18-11-13-19(23)14-12-18)10-6-7-15-24(21)16-17-8-4-3-5-9-17/h3-6,8-14,20-21H,2,7,15-16H2,1H3. The molecule has 3 heteroatoms. The fourth-order valence-corrected chi connectivity index (χ4v) is 3.60. The minimum absolute atomic E-state index is 0.0723. The average molecular weight is 337 g/mol. The van der Waals surface area contributed by atoms with Crippen LogP contribution < -0.4 is 0 Å². The van der Waals surface area contributed by atoms with Gasteiger partial charge in [0.1, 0.15) is 5.82 Å². The van der Waals surface area contributed by atoms with Gasteiger partial charge >= 0.3 is 0 Å². The minimum atomic E-state index is -0.314. The normalized spacial score (nSPS) is 21.0. The summed E-state index contributed by atoms with van der Waals surface area (Å²) in [5, 5.41) is 0. The first-order valence-corrected chi connectivity index (χ1v) is 8.93. The van der Waals surface area contributed by atoms with E-state index >= 15 is 0 Å². The van der Waals surface area contributed by atoms with Crippen molar-refractivity contribution in [1.29, 1.82) is 0 Å². The molecule has 2 aromatic carbocycles. The molecule has 0 fully saturated rings. The lowest BCUT2D eigenvalue weighted by Gasteiger charge is -2.33. The Hall–Kier alpha value is -2.26. The van der Waals surface area contributed by atoms with Gasteiger partial charge in [-0.05, 0) is 42.7 Å². The third-order valence-electron chi connectivity index (χ3n) is 4.89. The first kappa shape index (κ1) is 17.6. The molecule has 25 heavy (non-hydrogen) atoms. The van der Waals surface area contributed by atoms with Gasteiger partial charge in [-0.25, -0.2) is 4.39 Å². The monoisotopic (exact) mass is 337 g/mol. The number of carbonyl (C=O) groups excluding carboxylic acids is 1. The molecule has 1 heterocycles. The molecule has 1 aliphatic heterocycles. The van der Waals surface area contributed by atoms with Crippen LogP contribution in [-0.4, -0.2) is 23.3 Å². The Morgan fingerprint density at radius 1 is 1.12 bits per heavy atom. The molecule has 0 bridgehead atoms. The third-order valence-corrected chi connectivity index (χ3v) is 4.89. The molecule has 3 rings (SSSR count). The summed E-state index contributed by atoms with van der Waals surface area (Å²) < 4.78 is 13.2. The van der Waals surface area contributed by atoms with Crippen molar-refractivity contribution in [3.63, 3.8) is 0 Å². The molecule has 1 aliphatic rings. The topological polar surface area (TPSA) is 20.3 Å². The van der Waals surface area contributed by atoms with Gasteiger partial charge in [-0.15, -0.1) is 0 Å². The van der Waals surface area contributed by atoms with Crippen LogP contribution in [0.15, 0.2) is 66.7 Å².